The lowest BCUT2D eigenvalue weighted by Gasteiger charge is -2.13. The largest absolute Gasteiger partial charge is 0.454 e. The Morgan fingerprint density at radius 1 is 0.554 bits per heavy atom. The van der Waals surface area contributed by atoms with Gasteiger partial charge >= 0.3 is 0 Å². The predicted octanol–water partition coefficient (Wildman–Crippen LogP) is 16.8. The number of hydrogen-bond donors (Lipinski definition) is 0. The van der Waals surface area contributed by atoms with Gasteiger partial charge in [-0.05, 0) is 75.8 Å². The van der Waals surface area contributed by atoms with Crippen LogP contribution in [0.3, 0.4) is 0 Å². The monoisotopic (exact) mass is 849 g/mol. The highest BCUT2D eigenvalue weighted by molar-refractivity contribution is 7.25. The Morgan fingerprint density at radius 3 is 2.08 bits per heavy atom. The summed E-state index contributed by atoms with van der Waals surface area (Å²) in [6, 6.07) is 69.5. The van der Waals surface area contributed by atoms with Crippen LogP contribution in [0, 0.1) is 0 Å². The summed E-state index contributed by atoms with van der Waals surface area (Å²) in [6.45, 7) is 2.17. The maximum Gasteiger partial charge on any atom is 0.160 e. The first-order valence-electron chi connectivity index (χ1n) is 22.2. The molecule has 5 heteroatoms. The van der Waals surface area contributed by atoms with E-state index >= 15 is 0 Å². The maximum absolute atomic E-state index is 7.09. The summed E-state index contributed by atoms with van der Waals surface area (Å²) in [5, 5.41) is 14.0. The van der Waals surface area contributed by atoms with Gasteiger partial charge in [0.1, 0.15) is 5.58 Å². The van der Waals surface area contributed by atoms with E-state index in [0.29, 0.717) is 5.84 Å². The summed E-state index contributed by atoms with van der Waals surface area (Å²) in [7, 11) is 0. The summed E-state index contributed by atoms with van der Waals surface area (Å²) < 4.78 is 12.0. The number of para-hydroxylation sites is 1. The van der Waals surface area contributed by atoms with E-state index in [1.807, 2.05) is 23.6 Å². The molecule has 3 aromatic heterocycles. The van der Waals surface area contributed by atoms with Gasteiger partial charge in [0, 0.05) is 70.0 Å². The second kappa shape index (κ2) is 15.0. The number of nitrogens with zero attached hydrogens (tertiary/aromatic N) is 3. The van der Waals surface area contributed by atoms with Crippen molar-refractivity contribution < 1.29 is 4.42 Å². The molecule has 0 aliphatic heterocycles. The molecule has 13 aromatic rings. The fourth-order valence-electron chi connectivity index (χ4n) is 9.96. The summed E-state index contributed by atoms with van der Waals surface area (Å²) in [5.74, 6) is 0.607. The smallest absolute Gasteiger partial charge is 0.160 e. The fraction of sp³-hybridized carbons (Fsp3) is 0.0333. The van der Waals surface area contributed by atoms with Crippen LogP contribution >= 0.6 is 11.3 Å². The zero-order valence-corrected chi connectivity index (χ0v) is 36.3. The zero-order valence-electron chi connectivity index (χ0n) is 35.5. The minimum Gasteiger partial charge on any atom is -0.454 e. The van der Waals surface area contributed by atoms with Crippen molar-refractivity contribution in [3.8, 4) is 5.69 Å². The summed E-state index contributed by atoms with van der Waals surface area (Å²) >= 11 is 1.82. The highest BCUT2D eigenvalue weighted by Crippen LogP contribution is 2.43. The maximum atomic E-state index is 7.09. The molecule has 0 atom stereocenters. The fourth-order valence-corrected chi connectivity index (χ4v) is 11.1. The number of thiophene rings is 1. The third-order valence-corrected chi connectivity index (χ3v) is 14.1. The van der Waals surface area contributed by atoms with Crippen LogP contribution in [0.5, 0.6) is 0 Å². The number of amidine groups is 1. The molecular formula is C60H39N3OS. The molecule has 0 amide bonds. The summed E-state index contributed by atoms with van der Waals surface area (Å²) in [5.41, 5.74) is 8.68. The van der Waals surface area contributed by atoms with Crippen LogP contribution in [-0.2, 0) is 0 Å². The quantitative estimate of drug-likeness (QED) is 0.121. The van der Waals surface area contributed by atoms with Crippen LogP contribution in [0.15, 0.2) is 215 Å². The molecule has 0 saturated carbocycles. The van der Waals surface area contributed by atoms with Gasteiger partial charge in [-0.1, -0.05) is 165 Å². The molecule has 306 valence electrons. The van der Waals surface area contributed by atoms with Crippen LogP contribution < -0.4 is 0 Å². The molecule has 0 saturated heterocycles. The number of hydrogen-bond acceptors (Lipinski definition) is 3. The van der Waals surface area contributed by atoms with Crippen molar-refractivity contribution in [1.82, 2.24) is 4.57 Å². The normalized spacial score (nSPS) is 12.9. The van der Waals surface area contributed by atoms with Gasteiger partial charge in [0.15, 0.2) is 11.4 Å². The Balaban J connectivity index is 1.10. The lowest BCUT2D eigenvalue weighted by Crippen LogP contribution is -2.03. The number of aliphatic imine (C=N–C) groups is 2. The van der Waals surface area contributed by atoms with Crippen molar-refractivity contribution >= 4 is 125 Å². The van der Waals surface area contributed by atoms with Crippen LogP contribution in [0.4, 0.5) is 0 Å². The lowest BCUT2D eigenvalue weighted by molar-refractivity contribution is 0.666. The average Bonchev–Trinajstić information content (AvgIpc) is 4.04. The molecule has 0 radical (unpaired) electrons. The Hall–Kier alpha value is -8.12. The van der Waals surface area contributed by atoms with Crippen molar-refractivity contribution in [1.29, 1.82) is 0 Å². The molecule has 65 heavy (non-hydrogen) atoms. The lowest BCUT2D eigenvalue weighted by atomic mass is 10.0. The van der Waals surface area contributed by atoms with Crippen LogP contribution in [0.2, 0.25) is 0 Å². The third kappa shape index (κ3) is 6.04. The van der Waals surface area contributed by atoms with Crippen molar-refractivity contribution in [3.05, 3.63) is 217 Å². The molecule has 0 fully saturated rings. The highest BCUT2D eigenvalue weighted by atomic mass is 32.1. The molecule has 4 nitrogen and oxygen atoms in total. The second-order valence-corrected chi connectivity index (χ2v) is 17.8. The molecule has 0 spiro atoms. The minimum absolute atomic E-state index is 0.607. The molecule has 0 N–H and O–H groups in total. The van der Waals surface area contributed by atoms with E-state index in [4.69, 9.17) is 14.4 Å². The summed E-state index contributed by atoms with van der Waals surface area (Å²) in [4.78, 5) is 11.0. The minimum atomic E-state index is 0.607. The first kappa shape index (κ1) is 37.4. The van der Waals surface area contributed by atoms with Gasteiger partial charge in [0.05, 0.1) is 22.4 Å². The van der Waals surface area contributed by atoms with E-state index < -0.39 is 0 Å². The van der Waals surface area contributed by atoms with E-state index in [1.54, 1.807) is 0 Å². The average molecular weight is 850 g/mol. The SMILES string of the molecule is CC/C=C(/N=C(\N=C\c1cccc2ccccc12)c1ccc(-n2c3cc4ccccc4cc3c3ccc4ccccc4c32)c2oc3ccccc3c12)c1ccc2c(c1)sc1ccccc12. The van der Waals surface area contributed by atoms with Gasteiger partial charge in [-0.15, -0.1) is 11.3 Å². The highest BCUT2D eigenvalue weighted by Gasteiger charge is 2.24. The van der Waals surface area contributed by atoms with Gasteiger partial charge in [0.25, 0.3) is 0 Å². The topological polar surface area (TPSA) is 42.8 Å². The van der Waals surface area contributed by atoms with Crippen molar-refractivity contribution in [2.45, 2.75) is 13.3 Å². The Kier molecular flexibility index (Phi) is 8.65. The van der Waals surface area contributed by atoms with Crippen molar-refractivity contribution in [3.63, 3.8) is 0 Å². The van der Waals surface area contributed by atoms with E-state index in [1.165, 1.54) is 52.5 Å². The Morgan fingerprint density at radius 2 is 1.23 bits per heavy atom. The third-order valence-electron chi connectivity index (χ3n) is 13.0. The molecule has 0 aliphatic rings. The summed E-state index contributed by atoms with van der Waals surface area (Å²) in [6.07, 6.45) is 5.00. The molecular weight excluding hydrogens is 811 g/mol. The Bertz CT molecular complexity index is 4170. The van der Waals surface area contributed by atoms with Crippen molar-refractivity contribution in [2.24, 2.45) is 9.98 Å². The second-order valence-electron chi connectivity index (χ2n) is 16.7. The van der Waals surface area contributed by atoms with E-state index in [-0.39, 0.29) is 0 Å². The van der Waals surface area contributed by atoms with E-state index in [0.717, 1.165) is 78.2 Å². The number of allylic oxidation sites excluding steroid dienone is 1. The van der Waals surface area contributed by atoms with Crippen LogP contribution in [0.25, 0.3) is 108 Å². The van der Waals surface area contributed by atoms with Crippen molar-refractivity contribution in [2.75, 3.05) is 0 Å². The van der Waals surface area contributed by atoms with Gasteiger partial charge in [-0.3, -0.25) is 0 Å². The molecule has 0 aliphatic carbocycles. The van der Waals surface area contributed by atoms with Gasteiger partial charge in [-0.25, -0.2) is 9.98 Å². The number of benzene rings is 10. The number of furan rings is 1. The number of aromatic nitrogens is 1. The van der Waals surface area contributed by atoms with Gasteiger partial charge in [-0.2, -0.15) is 0 Å². The van der Waals surface area contributed by atoms with Gasteiger partial charge < -0.3 is 8.98 Å². The van der Waals surface area contributed by atoms with E-state index in [9.17, 15) is 0 Å². The van der Waals surface area contributed by atoms with Crippen LogP contribution in [-0.4, -0.2) is 16.6 Å². The molecule has 0 bridgehead atoms. The zero-order chi connectivity index (χ0) is 43.0. The van der Waals surface area contributed by atoms with E-state index in [2.05, 4.69) is 206 Å². The number of fused-ring (bicyclic) bond motifs is 13. The van der Waals surface area contributed by atoms with Crippen LogP contribution in [0.1, 0.15) is 30.0 Å². The van der Waals surface area contributed by atoms with Gasteiger partial charge in [0.2, 0.25) is 0 Å². The molecule has 3 heterocycles. The first-order chi connectivity index (χ1) is 32.2. The molecule has 0 unspecified atom stereocenters. The molecule has 13 rings (SSSR count). The number of rotatable bonds is 6. The predicted molar refractivity (Wildman–Crippen MR) is 279 cm³/mol. The first-order valence-corrected chi connectivity index (χ1v) is 23.0. The Labute approximate surface area is 378 Å². The molecule has 10 aromatic carbocycles. The standard InChI is InChI=1S/C60H39N3OS/c1-2-14-51(41-28-29-46-45-23-10-12-26-55(45)65-56(46)35-41)62-60(61-36-42-20-13-19-37-15-5-7-21-43(37)42)49-31-32-52(59-57(49)48-24-9-11-25-54(48)64-59)63-53-34-40-18-4-3-17-39(40)33-50(53)47-30-27-38-16-6-8-22-44(38)58(47)63/h3-36H,2H2,1H3/b51-14+,61-36+,62-60-.